The topological polar surface area (TPSA) is 87.6 Å². The molecule has 0 saturated heterocycles. The summed E-state index contributed by atoms with van der Waals surface area (Å²) >= 11 is 0. The molecule has 0 bridgehead atoms. The fourth-order valence-corrected chi connectivity index (χ4v) is 1.95. The van der Waals surface area contributed by atoms with E-state index in [4.69, 9.17) is 0 Å². The van der Waals surface area contributed by atoms with Gasteiger partial charge in [0.2, 0.25) is 0 Å². The van der Waals surface area contributed by atoms with E-state index in [2.05, 4.69) is 25.6 Å². The molecule has 3 rings (SSSR count). The van der Waals surface area contributed by atoms with Crippen LogP contribution in [0.25, 0.3) is 11.2 Å². The average molecular weight is 191 g/mol. The second-order valence-corrected chi connectivity index (χ2v) is 3.55. The van der Waals surface area contributed by atoms with Crippen LogP contribution in [-0.4, -0.2) is 36.8 Å². The molecule has 72 valence electrons. The molecule has 1 unspecified atom stereocenters. The fraction of sp³-hybridized carbons (Fsp3) is 0.500. The highest BCUT2D eigenvalue weighted by atomic mass is 16.3. The third kappa shape index (κ3) is 1.00. The molecule has 0 fully saturated rings. The van der Waals surface area contributed by atoms with Gasteiger partial charge >= 0.3 is 0 Å². The summed E-state index contributed by atoms with van der Waals surface area (Å²) in [7, 11) is 0. The van der Waals surface area contributed by atoms with Gasteiger partial charge in [-0.1, -0.05) is 0 Å². The van der Waals surface area contributed by atoms with Gasteiger partial charge in [-0.2, -0.15) is 0 Å². The number of aromatic nitrogens is 5. The lowest BCUT2D eigenvalue weighted by Crippen LogP contribution is -2.18. The highest BCUT2D eigenvalue weighted by Gasteiger charge is 2.22. The molecule has 0 saturated carbocycles. The minimum atomic E-state index is -0.267. The number of hydrogen-bond acceptors (Lipinski definition) is 5. The predicted molar refractivity (Wildman–Crippen MR) is 47.5 cm³/mol. The standard InChI is InChI=1S/C8H9N5O/c14-4-1-2-6-5(3-4)7-8(9-6)11-13-12-10-7/h4,14H,1-3H2,(H,9,11,12). The minimum Gasteiger partial charge on any atom is -0.393 e. The maximum absolute atomic E-state index is 9.54. The fourth-order valence-electron chi connectivity index (χ4n) is 1.95. The Kier molecular flexibility index (Phi) is 1.51. The Balaban J connectivity index is 2.25. The third-order valence-corrected chi connectivity index (χ3v) is 2.64. The van der Waals surface area contributed by atoms with Crippen LogP contribution in [0, 0.1) is 0 Å². The van der Waals surface area contributed by atoms with E-state index in [-0.39, 0.29) is 6.10 Å². The van der Waals surface area contributed by atoms with Crippen LogP contribution in [0.15, 0.2) is 0 Å². The van der Waals surface area contributed by atoms with E-state index >= 15 is 0 Å². The molecule has 2 N–H and O–H groups in total. The third-order valence-electron chi connectivity index (χ3n) is 2.64. The van der Waals surface area contributed by atoms with Gasteiger partial charge in [0.05, 0.1) is 6.10 Å². The molecular formula is C8H9N5O. The highest BCUT2D eigenvalue weighted by molar-refractivity contribution is 5.76. The lowest BCUT2D eigenvalue weighted by Gasteiger charge is -2.16. The molecule has 6 nitrogen and oxygen atoms in total. The Bertz CT molecular complexity index is 480. The van der Waals surface area contributed by atoms with E-state index in [0.29, 0.717) is 12.1 Å². The van der Waals surface area contributed by atoms with Gasteiger partial charge in [0.15, 0.2) is 5.65 Å². The molecule has 0 spiro atoms. The maximum Gasteiger partial charge on any atom is 0.182 e. The van der Waals surface area contributed by atoms with Gasteiger partial charge in [0, 0.05) is 17.7 Å². The molecule has 2 heterocycles. The Morgan fingerprint density at radius 3 is 3.07 bits per heavy atom. The zero-order valence-corrected chi connectivity index (χ0v) is 7.43. The number of aliphatic hydroxyl groups excluding tert-OH is 1. The zero-order valence-electron chi connectivity index (χ0n) is 7.43. The van der Waals surface area contributed by atoms with Crippen molar-refractivity contribution in [3.8, 4) is 0 Å². The lowest BCUT2D eigenvalue weighted by atomic mass is 9.95. The van der Waals surface area contributed by atoms with Gasteiger partial charge in [-0.05, 0) is 23.3 Å². The molecule has 1 aliphatic carbocycles. The number of aliphatic hydroxyl groups is 1. The summed E-state index contributed by atoms with van der Waals surface area (Å²) in [5.41, 5.74) is 3.56. The normalized spacial score (nSPS) is 21.1. The minimum absolute atomic E-state index is 0.267. The van der Waals surface area contributed by atoms with Crippen LogP contribution in [0.1, 0.15) is 17.7 Å². The van der Waals surface area contributed by atoms with Crippen LogP contribution in [0.3, 0.4) is 0 Å². The molecule has 0 aromatic carbocycles. The van der Waals surface area contributed by atoms with Gasteiger partial charge in [0.1, 0.15) is 5.52 Å². The number of rotatable bonds is 0. The van der Waals surface area contributed by atoms with E-state index in [9.17, 15) is 5.11 Å². The highest BCUT2D eigenvalue weighted by Crippen LogP contribution is 2.25. The second-order valence-electron chi connectivity index (χ2n) is 3.55. The molecule has 0 amide bonds. The summed E-state index contributed by atoms with van der Waals surface area (Å²) in [6.45, 7) is 0. The van der Waals surface area contributed by atoms with Crippen LogP contribution in [-0.2, 0) is 12.8 Å². The summed E-state index contributed by atoms with van der Waals surface area (Å²) in [5, 5.41) is 24.3. The first-order valence-corrected chi connectivity index (χ1v) is 4.58. The molecule has 14 heavy (non-hydrogen) atoms. The summed E-state index contributed by atoms with van der Waals surface area (Å²) < 4.78 is 0. The Hall–Kier alpha value is -1.56. The molecular weight excluding hydrogens is 182 g/mol. The van der Waals surface area contributed by atoms with Crippen molar-refractivity contribution < 1.29 is 5.11 Å². The summed E-state index contributed by atoms with van der Waals surface area (Å²) in [6.07, 6.45) is 2.00. The Labute approximate surface area is 79.4 Å². The van der Waals surface area contributed by atoms with Crippen molar-refractivity contribution in [2.45, 2.75) is 25.4 Å². The van der Waals surface area contributed by atoms with Crippen molar-refractivity contribution in [1.29, 1.82) is 0 Å². The van der Waals surface area contributed by atoms with Crippen molar-refractivity contribution in [2.24, 2.45) is 0 Å². The molecule has 2 aromatic heterocycles. The summed E-state index contributed by atoms with van der Waals surface area (Å²) in [5.74, 6) is 0. The Morgan fingerprint density at radius 1 is 1.29 bits per heavy atom. The largest absolute Gasteiger partial charge is 0.393 e. The first-order valence-electron chi connectivity index (χ1n) is 4.58. The van der Waals surface area contributed by atoms with Gasteiger partial charge in [0.25, 0.3) is 0 Å². The SMILES string of the molecule is OC1CCc2[nH]c3nnnnc3c2C1. The number of aryl methyl sites for hydroxylation is 1. The van der Waals surface area contributed by atoms with Crippen molar-refractivity contribution in [2.75, 3.05) is 0 Å². The predicted octanol–water partition coefficient (Wildman–Crippen LogP) is -0.403. The van der Waals surface area contributed by atoms with E-state index in [0.717, 1.165) is 29.6 Å². The number of nitrogens with zero attached hydrogens (tertiary/aromatic N) is 4. The summed E-state index contributed by atoms with van der Waals surface area (Å²) in [6, 6.07) is 0. The number of aromatic amines is 1. The zero-order chi connectivity index (χ0) is 9.54. The van der Waals surface area contributed by atoms with Crippen LogP contribution in [0.4, 0.5) is 0 Å². The first kappa shape index (κ1) is 7.81. The van der Waals surface area contributed by atoms with Crippen molar-refractivity contribution in [1.82, 2.24) is 25.6 Å². The van der Waals surface area contributed by atoms with Gasteiger partial charge in [-0.15, -0.1) is 10.2 Å². The molecule has 1 aliphatic rings. The van der Waals surface area contributed by atoms with Crippen LogP contribution in [0.2, 0.25) is 0 Å². The smallest absolute Gasteiger partial charge is 0.182 e. The number of fused-ring (bicyclic) bond motifs is 3. The average Bonchev–Trinajstić information content (AvgIpc) is 2.56. The lowest BCUT2D eigenvalue weighted by molar-refractivity contribution is 0.158. The van der Waals surface area contributed by atoms with Crippen LogP contribution in [0.5, 0.6) is 0 Å². The molecule has 0 aliphatic heterocycles. The quantitative estimate of drug-likeness (QED) is 0.591. The number of H-pyrrole nitrogens is 1. The van der Waals surface area contributed by atoms with Gasteiger partial charge in [-0.25, -0.2) is 0 Å². The maximum atomic E-state index is 9.54. The first-order chi connectivity index (χ1) is 6.84. The van der Waals surface area contributed by atoms with E-state index in [1.807, 2.05) is 0 Å². The number of nitrogens with one attached hydrogen (secondary N) is 1. The Morgan fingerprint density at radius 2 is 2.14 bits per heavy atom. The van der Waals surface area contributed by atoms with Gasteiger partial charge < -0.3 is 10.1 Å². The monoisotopic (exact) mass is 191 g/mol. The van der Waals surface area contributed by atoms with E-state index < -0.39 is 0 Å². The van der Waals surface area contributed by atoms with Crippen molar-refractivity contribution in [3.05, 3.63) is 11.3 Å². The van der Waals surface area contributed by atoms with Crippen LogP contribution >= 0.6 is 0 Å². The van der Waals surface area contributed by atoms with Crippen molar-refractivity contribution >= 4 is 11.2 Å². The second kappa shape index (κ2) is 2.71. The number of hydrogen-bond donors (Lipinski definition) is 2. The summed E-state index contributed by atoms with van der Waals surface area (Å²) in [4.78, 5) is 3.15. The molecule has 6 heteroatoms. The molecule has 0 radical (unpaired) electrons. The van der Waals surface area contributed by atoms with Crippen LogP contribution < -0.4 is 0 Å². The van der Waals surface area contributed by atoms with Crippen molar-refractivity contribution in [3.63, 3.8) is 0 Å². The molecule has 2 aromatic rings. The van der Waals surface area contributed by atoms with E-state index in [1.54, 1.807) is 0 Å². The van der Waals surface area contributed by atoms with E-state index in [1.165, 1.54) is 0 Å². The molecule has 1 atom stereocenters. The van der Waals surface area contributed by atoms with Gasteiger partial charge in [-0.3, -0.25) is 0 Å².